The lowest BCUT2D eigenvalue weighted by Crippen LogP contribution is -1.91. The van der Waals surface area contributed by atoms with Crippen molar-refractivity contribution < 1.29 is 0 Å². The Morgan fingerprint density at radius 1 is 1.57 bits per heavy atom. The summed E-state index contributed by atoms with van der Waals surface area (Å²) in [5, 5.41) is 9.62. The Hall–Kier alpha value is -1.23. The number of H-pyrrole nitrogens is 1. The molecule has 0 saturated heterocycles. The third-order valence-corrected chi connectivity index (χ3v) is 3.12. The van der Waals surface area contributed by atoms with Crippen molar-refractivity contribution in [3.63, 3.8) is 0 Å². The molecule has 0 fully saturated rings. The zero-order valence-corrected chi connectivity index (χ0v) is 9.01. The Bertz CT molecular complexity index is 393. The van der Waals surface area contributed by atoms with E-state index in [0.717, 1.165) is 22.9 Å². The van der Waals surface area contributed by atoms with Crippen molar-refractivity contribution in [2.45, 2.75) is 26.2 Å². The van der Waals surface area contributed by atoms with Gasteiger partial charge in [-0.05, 0) is 12.3 Å². The van der Waals surface area contributed by atoms with Crippen LogP contribution in [0.3, 0.4) is 0 Å². The highest BCUT2D eigenvalue weighted by Gasteiger charge is 2.10. The predicted molar refractivity (Wildman–Crippen MR) is 56.2 cm³/mol. The molecule has 2 aromatic rings. The van der Waals surface area contributed by atoms with Crippen molar-refractivity contribution in [3.05, 3.63) is 17.4 Å². The number of thiazole rings is 1. The quantitative estimate of drug-likeness (QED) is 0.842. The first kappa shape index (κ1) is 9.33. The summed E-state index contributed by atoms with van der Waals surface area (Å²) in [6.45, 7) is 4.34. The summed E-state index contributed by atoms with van der Waals surface area (Å²) in [6, 6.07) is 0. The maximum absolute atomic E-state index is 4.51. The summed E-state index contributed by atoms with van der Waals surface area (Å²) in [6.07, 6.45) is 2.61. The van der Waals surface area contributed by atoms with Crippen molar-refractivity contribution >= 4 is 11.3 Å². The lowest BCUT2D eigenvalue weighted by molar-refractivity contribution is 0.714. The molecule has 0 amide bonds. The van der Waals surface area contributed by atoms with Gasteiger partial charge in [0.05, 0.1) is 5.69 Å². The molecule has 0 spiro atoms. The van der Waals surface area contributed by atoms with Crippen molar-refractivity contribution in [2.75, 3.05) is 0 Å². The molecule has 1 atom stereocenters. The molecule has 2 rings (SSSR count). The van der Waals surface area contributed by atoms with Crippen LogP contribution in [0.25, 0.3) is 10.8 Å². The largest absolute Gasteiger partial charge is 0.257 e. The standard InChI is InChI=1S/C9H12N4S/c1-3-6(2)7-4-14-9(12-7)8-10-5-11-13-8/h4-6H,3H2,1-2H3,(H,10,11,13). The molecule has 1 unspecified atom stereocenters. The molecule has 0 aliphatic heterocycles. The molecule has 2 heterocycles. The molecule has 4 nitrogen and oxygen atoms in total. The highest BCUT2D eigenvalue weighted by molar-refractivity contribution is 7.13. The topological polar surface area (TPSA) is 54.5 Å². The van der Waals surface area contributed by atoms with Crippen molar-refractivity contribution in [2.24, 2.45) is 0 Å². The number of nitrogens with one attached hydrogen (secondary N) is 1. The van der Waals surface area contributed by atoms with Crippen LogP contribution in [0, 0.1) is 0 Å². The highest BCUT2D eigenvalue weighted by Crippen LogP contribution is 2.25. The van der Waals surface area contributed by atoms with Crippen LogP contribution in [-0.4, -0.2) is 20.2 Å². The normalized spacial score (nSPS) is 13.0. The van der Waals surface area contributed by atoms with Crippen LogP contribution in [0.1, 0.15) is 31.9 Å². The van der Waals surface area contributed by atoms with Crippen molar-refractivity contribution in [1.82, 2.24) is 20.2 Å². The van der Waals surface area contributed by atoms with Gasteiger partial charge in [0.25, 0.3) is 0 Å². The summed E-state index contributed by atoms with van der Waals surface area (Å²) in [5.41, 5.74) is 1.14. The molecule has 0 aliphatic rings. The monoisotopic (exact) mass is 208 g/mol. The summed E-state index contributed by atoms with van der Waals surface area (Å²) >= 11 is 1.61. The zero-order chi connectivity index (χ0) is 9.97. The second-order valence-corrected chi connectivity index (χ2v) is 4.08. The summed E-state index contributed by atoms with van der Waals surface area (Å²) < 4.78 is 0. The Kier molecular flexibility index (Phi) is 2.58. The fourth-order valence-electron chi connectivity index (χ4n) is 1.14. The Labute approximate surface area is 86.4 Å². The van der Waals surface area contributed by atoms with E-state index in [1.807, 2.05) is 0 Å². The van der Waals surface area contributed by atoms with Gasteiger partial charge in [-0.3, -0.25) is 5.10 Å². The fourth-order valence-corrected chi connectivity index (χ4v) is 2.02. The molecule has 5 heteroatoms. The molecule has 14 heavy (non-hydrogen) atoms. The van der Waals surface area contributed by atoms with E-state index in [-0.39, 0.29) is 0 Å². The molecule has 0 saturated carbocycles. The van der Waals surface area contributed by atoms with E-state index in [4.69, 9.17) is 0 Å². The lowest BCUT2D eigenvalue weighted by atomic mass is 10.1. The summed E-state index contributed by atoms with van der Waals surface area (Å²) in [4.78, 5) is 8.57. The molecule has 74 valence electrons. The van der Waals surface area contributed by atoms with E-state index in [9.17, 15) is 0 Å². The average Bonchev–Trinajstić information content (AvgIpc) is 2.86. The Morgan fingerprint density at radius 2 is 2.43 bits per heavy atom. The minimum atomic E-state index is 0.517. The van der Waals surface area contributed by atoms with Crippen LogP contribution in [0.2, 0.25) is 0 Å². The number of hydrogen-bond donors (Lipinski definition) is 1. The van der Waals surface area contributed by atoms with Crippen LogP contribution in [0.5, 0.6) is 0 Å². The first-order valence-electron chi connectivity index (χ1n) is 4.62. The van der Waals surface area contributed by atoms with Gasteiger partial charge in [0.1, 0.15) is 6.33 Å². The van der Waals surface area contributed by atoms with Gasteiger partial charge in [0, 0.05) is 5.38 Å². The molecule has 0 aliphatic carbocycles. The molecule has 0 radical (unpaired) electrons. The van der Waals surface area contributed by atoms with Crippen LogP contribution < -0.4 is 0 Å². The van der Waals surface area contributed by atoms with Gasteiger partial charge in [-0.2, -0.15) is 5.10 Å². The lowest BCUT2D eigenvalue weighted by Gasteiger charge is -2.01. The maximum Gasteiger partial charge on any atom is 0.184 e. The van der Waals surface area contributed by atoms with E-state index in [0.29, 0.717) is 5.92 Å². The second-order valence-electron chi connectivity index (χ2n) is 3.22. The molecule has 0 aromatic carbocycles. The van der Waals surface area contributed by atoms with Crippen molar-refractivity contribution in [3.8, 4) is 10.8 Å². The second kappa shape index (κ2) is 3.88. The van der Waals surface area contributed by atoms with Gasteiger partial charge in [-0.1, -0.05) is 13.8 Å². The van der Waals surface area contributed by atoms with E-state index in [2.05, 4.69) is 39.4 Å². The highest BCUT2D eigenvalue weighted by atomic mass is 32.1. The van der Waals surface area contributed by atoms with Gasteiger partial charge < -0.3 is 0 Å². The van der Waals surface area contributed by atoms with Gasteiger partial charge in [0.15, 0.2) is 10.8 Å². The van der Waals surface area contributed by atoms with E-state index < -0.39 is 0 Å². The smallest absolute Gasteiger partial charge is 0.184 e. The SMILES string of the molecule is CCC(C)c1csc(-c2ncn[nH]2)n1. The molecule has 0 bridgehead atoms. The molecule has 2 aromatic heterocycles. The number of aromatic amines is 1. The van der Waals surface area contributed by atoms with Gasteiger partial charge in [0.2, 0.25) is 0 Å². The number of aromatic nitrogens is 4. The van der Waals surface area contributed by atoms with Crippen LogP contribution in [0.4, 0.5) is 0 Å². The predicted octanol–water partition coefficient (Wildman–Crippen LogP) is 2.44. The third-order valence-electron chi connectivity index (χ3n) is 2.26. The van der Waals surface area contributed by atoms with Gasteiger partial charge >= 0.3 is 0 Å². The molecular weight excluding hydrogens is 196 g/mol. The minimum Gasteiger partial charge on any atom is -0.257 e. The van der Waals surface area contributed by atoms with Gasteiger partial charge in [-0.15, -0.1) is 11.3 Å². The van der Waals surface area contributed by atoms with Crippen LogP contribution in [0.15, 0.2) is 11.7 Å². The van der Waals surface area contributed by atoms with E-state index in [1.54, 1.807) is 11.3 Å². The number of nitrogens with zero attached hydrogens (tertiary/aromatic N) is 3. The maximum atomic E-state index is 4.51. The van der Waals surface area contributed by atoms with Gasteiger partial charge in [-0.25, -0.2) is 9.97 Å². The third kappa shape index (κ3) is 1.68. The summed E-state index contributed by atoms with van der Waals surface area (Å²) in [7, 11) is 0. The van der Waals surface area contributed by atoms with Crippen molar-refractivity contribution in [1.29, 1.82) is 0 Å². The molecule has 1 N–H and O–H groups in total. The number of hydrogen-bond acceptors (Lipinski definition) is 4. The van der Waals surface area contributed by atoms with Crippen LogP contribution in [-0.2, 0) is 0 Å². The zero-order valence-electron chi connectivity index (χ0n) is 8.19. The molecular formula is C9H12N4S. The Balaban J connectivity index is 2.26. The fraction of sp³-hybridized carbons (Fsp3) is 0.444. The first-order chi connectivity index (χ1) is 6.81. The van der Waals surface area contributed by atoms with E-state index >= 15 is 0 Å². The Morgan fingerprint density at radius 3 is 3.07 bits per heavy atom. The number of rotatable bonds is 3. The summed E-state index contributed by atoms with van der Waals surface area (Å²) in [5.74, 6) is 1.27. The first-order valence-corrected chi connectivity index (χ1v) is 5.50. The van der Waals surface area contributed by atoms with Crippen LogP contribution >= 0.6 is 11.3 Å². The minimum absolute atomic E-state index is 0.517. The van der Waals surface area contributed by atoms with E-state index in [1.165, 1.54) is 6.33 Å². The average molecular weight is 208 g/mol.